The number of para-hydroxylation sites is 1. The predicted octanol–water partition coefficient (Wildman–Crippen LogP) is 3.36. The predicted molar refractivity (Wildman–Crippen MR) is 82.7 cm³/mol. The molecule has 2 rings (SSSR count). The zero-order chi connectivity index (χ0) is 17.2. The van der Waals surface area contributed by atoms with Crippen LogP contribution in [-0.2, 0) is 10.0 Å². The molecule has 0 aliphatic rings. The summed E-state index contributed by atoms with van der Waals surface area (Å²) in [7, 11) is -1.21. The lowest BCUT2D eigenvalue weighted by molar-refractivity contribution is 0.367. The molecule has 0 fully saturated rings. The molecule has 7 heteroatoms. The molecule has 1 unspecified atom stereocenters. The third-order valence-electron chi connectivity index (χ3n) is 3.65. The average molecular weight is 341 g/mol. The van der Waals surface area contributed by atoms with Crippen LogP contribution >= 0.6 is 0 Å². The van der Waals surface area contributed by atoms with Crippen molar-refractivity contribution < 1.29 is 21.9 Å². The molecule has 0 saturated heterocycles. The van der Waals surface area contributed by atoms with E-state index >= 15 is 0 Å². The first-order chi connectivity index (χ1) is 10.8. The largest absolute Gasteiger partial charge is 0.496 e. The summed E-state index contributed by atoms with van der Waals surface area (Å²) >= 11 is 0. The zero-order valence-corrected chi connectivity index (χ0v) is 13.8. The number of rotatable bonds is 5. The van der Waals surface area contributed by atoms with Gasteiger partial charge in [-0.2, -0.15) is 4.31 Å². The lowest BCUT2D eigenvalue weighted by atomic mass is 10.1. The highest BCUT2D eigenvalue weighted by molar-refractivity contribution is 7.89. The van der Waals surface area contributed by atoms with Gasteiger partial charge in [-0.15, -0.1) is 0 Å². The monoisotopic (exact) mass is 341 g/mol. The fourth-order valence-electron chi connectivity index (χ4n) is 2.26. The van der Waals surface area contributed by atoms with E-state index < -0.39 is 32.6 Å². The molecule has 1 atom stereocenters. The number of hydrogen-bond acceptors (Lipinski definition) is 3. The second-order valence-electron chi connectivity index (χ2n) is 5.04. The molecule has 0 heterocycles. The fraction of sp³-hybridized carbons (Fsp3) is 0.250. The van der Waals surface area contributed by atoms with Crippen molar-refractivity contribution in [1.82, 2.24) is 4.31 Å². The molecule has 0 saturated carbocycles. The van der Waals surface area contributed by atoms with Crippen molar-refractivity contribution in [2.75, 3.05) is 14.2 Å². The van der Waals surface area contributed by atoms with Gasteiger partial charge in [-0.05, 0) is 25.1 Å². The number of hydrogen-bond donors (Lipinski definition) is 0. The molecule has 124 valence electrons. The van der Waals surface area contributed by atoms with Crippen LogP contribution in [0.3, 0.4) is 0 Å². The van der Waals surface area contributed by atoms with Crippen molar-refractivity contribution in [2.45, 2.75) is 17.9 Å². The number of halogens is 2. The van der Waals surface area contributed by atoms with Gasteiger partial charge in [0.25, 0.3) is 0 Å². The number of nitrogens with zero attached hydrogens (tertiary/aromatic N) is 1. The topological polar surface area (TPSA) is 46.6 Å². The van der Waals surface area contributed by atoms with Crippen LogP contribution in [0.15, 0.2) is 47.4 Å². The molecule has 0 aromatic heterocycles. The van der Waals surface area contributed by atoms with Crippen molar-refractivity contribution in [2.24, 2.45) is 0 Å². The molecule has 0 amide bonds. The Balaban J connectivity index is 2.43. The third-order valence-corrected chi connectivity index (χ3v) is 5.55. The van der Waals surface area contributed by atoms with E-state index in [0.717, 1.165) is 16.4 Å². The maximum atomic E-state index is 13.3. The summed E-state index contributed by atoms with van der Waals surface area (Å²) in [4.78, 5) is -0.431. The van der Waals surface area contributed by atoms with Crippen LogP contribution in [0.1, 0.15) is 18.5 Å². The third kappa shape index (κ3) is 3.51. The number of methoxy groups -OCH3 is 1. The molecule has 0 N–H and O–H groups in total. The molecule has 2 aromatic rings. The summed E-state index contributed by atoms with van der Waals surface area (Å²) < 4.78 is 58.1. The highest BCUT2D eigenvalue weighted by Gasteiger charge is 2.28. The Hall–Kier alpha value is -1.99. The average Bonchev–Trinajstić information content (AvgIpc) is 2.52. The summed E-state index contributed by atoms with van der Waals surface area (Å²) in [5.74, 6) is -1.35. The van der Waals surface area contributed by atoms with Crippen LogP contribution in [0.5, 0.6) is 5.75 Å². The molecular formula is C16H17F2NO3S. The molecule has 4 nitrogen and oxygen atoms in total. The zero-order valence-electron chi connectivity index (χ0n) is 13.0. The van der Waals surface area contributed by atoms with Crippen molar-refractivity contribution in [3.8, 4) is 5.75 Å². The molecule has 0 aliphatic carbocycles. The van der Waals surface area contributed by atoms with Gasteiger partial charge in [-0.25, -0.2) is 17.2 Å². The van der Waals surface area contributed by atoms with Crippen molar-refractivity contribution in [1.29, 1.82) is 0 Å². The van der Waals surface area contributed by atoms with Crippen LogP contribution in [0.2, 0.25) is 0 Å². The van der Waals surface area contributed by atoms with Gasteiger partial charge < -0.3 is 4.74 Å². The summed E-state index contributed by atoms with van der Waals surface area (Å²) in [5.41, 5.74) is 0.651. The minimum atomic E-state index is -4.06. The minimum absolute atomic E-state index is 0.431. The number of ether oxygens (including phenoxy) is 1. The maximum Gasteiger partial charge on any atom is 0.243 e. The van der Waals surface area contributed by atoms with Gasteiger partial charge in [0, 0.05) is 18.7 Å². The van der Waals surface area contributed by atoms with Crippen LogP contribution in [0.25, 0.3) is 0 Å². The summed E-state index contributed by atoms with van der Waals surface area (Å²) in [6.07, 6.45) is 0. The molecular weight excluding hydrogens is 324 g/mol. The van der Waals surface area contributed by atoms with Crippen LogP contribution in [0.4, 0.5) is 8.78 Å². The SMILES string of the molecule is COc1ccccc1C(C)N(C)S(=O)(=O)c1cc(F)cc(F)c1. The lowest BCUT2D eigenvalue weighted by Gasteiger charge is -2.26. The van der Waals surface area contributed by atoms with E-state index in [0.29, 0.717) is 17.4 Å². The normalized spacial score (nSPS) is 13.1. The van der Waals surface area contributed by atoms with Gasteiger partial charge >= 0.3 is 0 Å². The van der Waals surface area contributed by atoms with Gasteiger partial charge in [-0.3, -0.25) is 0 Å². The van der Waals surface area contributed by atoms with E-state index in [9.17, 15) is 17.2 Å². The molecule has 2 aromatic carbocycles. The standard InChI is InChI=1S/C16H17F2NO3S/c1-11(15-6-4-5-7-16(15)22-3)19(2)23(20,21)14-9-12(17)8-13(18)10-14/h4-11H,1-3H3. The number of sulfonamides is 1. The van der Waals surface area contributed by atoms with Crippen LogP contribution in [0, 0.1) is 11.6 Å². The molecule has 0 spiro atoms. The molecule has 0 bridgehead atoms. The molecule has 0 aliphatic heterocycles. The van der Waals surface area contributed by atoms with Gasteiger partial charge in [0.2, 0.25) is 10.0 Å². The Morgan fingerprint density at radius 1 is 1.09 bits per heavy atom. The Morgan fingerprint density at radius 2 is 1.65 bits per heavy atom. The first-order valence-electron chi connectivity index (χ1n) is 6.84. The van der Waals surface area contributed by atoms with Crippen molar-refractivity contribution in [3.05, 3.63) is 59.7 Å². The highest BCUT2D eigenvalue weighted by Crippen LogP contribution is 2.31. The maximum absolute atomic E-state index is 13.3. The fourth-order valence-corrected chi connectivity index (χ4v) is 3.64. The van der Waals surface area contributed by atoms with Crippen LogP contribution in [-0.4, -0.2) is 26.9 Å². The highest BCUT2D eigenvalue weighted by atomic mass is 32.2. The Kier molecular flexibility index (Phi) is 5.01. The van der Waals surface area contributed by atoms with E-state index in [2.05, 4.69) is 0 Å². The van der Waals surface area contributed by atoms with E-state index in [1.807, 2.05) is 0 Å². The molecule has 0 radical (unpaired) electrons. The van der Waals surface area contributed by atoms with Crippen molar-refractivity contribution in [3.63, 3.8) is 0 Å². The smallest absolute Gasteiger partial charge is 0.243 e. The second-order valence-corrected chi connectivity index (χ2v) is 7.04. The Morgan fingerprint density at radius 3 is 2.22 bits per heavy atom. The van der Waals surface area contributed by atoms with Crippen molar-refractivity contribution >= 4 is 10.0 Å². The Bertz CT molecular complexity index is 788. The van der Waals surface area contributed by atoms with E-state index in [4.69, 9.17) is 4.74 Å². The first kappa shape index (κ1) is 17.4. The first-order valence-corrected chi connectivity index (χ1v) is 8.28. The van der Waals surface area contributed by atoms with E-state index in [1.54, 1.807) is 31.2 Å². The lowest BCUT2D eigenvalue weighted by Crippen LogP contribution is -2.30. The second kappa shape index (κ2) is 6.64. The number of benzene rings is 2. The van der Waals surface area contributed by atoms with Gasteiger partial charge in [0.1, 0.15) is 17.4 Å². The van der Waals surface area contributed by atoms with Gasteiger partial charge in [-0.1, -0.05) is 18.2 Å². The Labute approximate surface area is 134 Å². The summed E-state index contributed by atoms with van der Waals surface area (Å²) in [6, 6.07) is 8.62. The van der Waals surface area contributed by atoms with Gasteiger partial charge in [0.15, 0.2) is 0 Å². The minimum Gasteiger partial charge on any atom is -0.496 e. The van der Waals surface area contributed by atoms with E-state index in [-0.39, 0.29) is 0 Å². The quantitative estimate of drug-likeness (QED) is 0.838. The van der Waals surface area contributed by atoms with Gasteiger partial charge in [0.05, 0.1) is 18.0 Å². The summed E-state index contributed by atoms with van der Waals surface area (Å²) in [6.45, 7) is 1.67. The summed E-state index contributed by atoms with van der Waals surface area (Å²) in [5, 5.41) is 0. The van der Waals surface area contributed by atoms with Crippen LogP contribution < -0.4 is 4.74 Å². The van der Waals surface area contributed by atoms with E-state index in [1.165, 1.54) is 14.2 Å². The molecule has 23 heavy (non-hydrogen) atoms.